The molecule has 2 aliphatic rings. The molecule has 0 saturated heterocycles. The second-order valence-electron chi connectivity index (χ2n) is 6.29. The van der Waals surface area contributed by atoms with Crippen LogP contribution in [-0.4, -0.2) is 24.9 Å². The van der Waals surface area contributed by atoms with Crippen LogP contribution in [0.15, 0.2) is 42.5 Å². The highest BCUT2D eigenvalue weighted by Crippen LogP contribution is 2.26. The number of nitro groups is 1. The van der Waals surface area contributed by atoms with Gasteiger partial charge in [-0.15, -0.1) is 0 Å². The van der Waals surface area contributed by atoms with Gasteiger partial charge in [-0.2, -0.15) is 0 Å². The van der Waals surface area contributed by atoms with Gasteiger partial charge in [-0.3, -0.25) is 10.1 Å². The molecule has 130 valence electrons. The predicted molar refractivity (Wildman–Crippen MR) is 106 cm³/mol. The van der Waals surface area contributed by atoms with Gasteiger partial charge in [-0.25, -0.2) is 9.97 Å². The molecule has 27 heavy (non-hydrogen) atoms. The quantitative estimate of drug-likeness (QED) is 0.340. The first-order valence-corrected chi connectivity index (χ1v) is 8.36. The lowest BCUT2D eigenvalue weighted by Gasteiger charge is -1.92. The van der Waals surface area contributed by atoms with Crippen molar-refractivity contribution in [3.63, 3.8) is 0 Å². The first kappa shape index (κ1) is 15.3. The normalized spacial score (nSPS) is 12.4. The Morgan fingerprint density at radius 2 is 1.30 bits per heavy atom. The number of rotatable bonds is 1. The van der Waals surface area contributed by atoms with Crippen LogP contribution in [0, 0.1) is 10.1 Å². The molecule has 3 aromatic heterocycles. The van der Waals surface area contributed by atoms with E-state index in [1.165, 1.54) is 0 Å². The molecule has 7 heteroatoms. The first-order valence-electron chi connectivity index (χ1n) is 8.36. The zero-order valence-electron chi connectivity index (χ0n) is 14.0. The Bertz CT molecular complexity index is 1310. The lowest BCUT2D eigenvalue weighted by atomic mass is 10.3. The third kappa shape index (κ3) is 2.81. The third-order valence-corrected chi connectivity index (χ3v) is 4.37. The summed E-state index contributed by atoms with van der Waals surface area (Å²) in [5.41, 5.74) is 5.45. The second kappa shape index (κ2) is 5.77. The number of fused-ring (bicyclic) bond motifs is 8. The van der Waals surface area contributed by atoms with Gasteiger partial charge in [0.05, 0.1) is 22.0 Å². The molecule has 2 N–H and O–H groups in total. The van der Waals surface area contributed by atoms with Gasteiger partial charge in [0.2, 0.25) is 0 Å². The van der Waals surface area contributed by atoms with E-state index in [1.54, 1.807) is 24.3 Å². The van der Waals surface area contributed by atoms with E-state index in [0.717, 1.165) is 27.9 Å². The van der Waals surface area contributed by atoms with Gasteiger partial charge >= 0.3 is 5.69 Å². The summed E-state index contributed by atoms with van der Waals surface area (Å²) in [6.07, 6.45) is 7.26. The Kier molecular flexibility index (Phi) is 3.26. The van der Waals surface area contributed by atoms with Crippen molar-refractivity contribution in [3.8, 4) is 0 Å². The van der Waals surface area contributed by atoms with E-state index in [2.05, 4.69) is 19.9 Å². The third-order valence-electron chi connectivity index (χ3n) is 4.37. The summed E-state index contributed by atoms with van der Waals surface area (Å²) in [7, 11) is 0. The molecule has 5 rings (SSSR count). The molecule has 0 aliphatic carbocycles. The van der Waals surface area contributed by atoms with Crippen molar-refractivity contribution >= 4 is 52.1 Å². The molecule has 2 aliphatic heterocycles. The van der Waals surface area contributed by atoms with E-state index in [4.69, 9.17) is 0 Å². The van der Waals surface area contributed by atoms with Gasteiger partial charge in [0.1, 0.15) is 11.2 Å². The highest BCUT2D eigenvalue weighted by atomic mass is 16.6. The molecule has 0 saturated carbocycles. The number of aromatic nitrogens is 4. The Morgan fingerprint density at radius 1 is 0.741 bits per heavy atom. The first-order chi connectivity index (χ1) is 13.1. The standard InChI is InChI=1S/C20H13N5O2/c26-25(27)20-18-7-5-16(23-18)10-14-3-1-12(21-14)9-13-2-4-15(22-13)11-17-6-8-19(20)24-17/h1-11,21,24H. The van der Waals surface area contributed by atoms with Crippen LogP contribution in [0.5, 0.6) is 0 Å². The second-order valence-corrected chi connectivity index (χ2v) is 6.29. The smallest absolute Gasteiger partial charge is 0.318 e. The zero-order chi connectivity index (χ0) is 18.4. The van der Waals surface area contributed by atoms with Gasteiger partial charge in [0.15, 0.2) is 0 Å². The van der Waals surface area contributed by atoms with E-state index < -0.39 is 4.92 Å². The van der Waals surface area contributed by atoms with Crippen molar-refractivity contribution in [1.29, 1.82) is 0 Å². The lowest BCUT2D eigenvalue weighted by Crippen LogP contribution is -1.92. The van der Waals surface area contributed by atoms with Gasteiger partial charge < -0.3 is 9.97 Å². The average molecular weight is 355 g/mol. The molecule has 0 unspecified atom stereocenters. The number of aromatic amines is 2. The summed E-state index contributed by atoms with van der Waals surface area (Å²) in [5, 5.41) is 11.7. The molecule has 0 radical (unpaired) electrons. The van der Waals surface area contributed by atoms with Crippen LogP contribution >= 0.6 is 0 Å². The van der Waals surface area contributed by atoms with Crippen LogP contribution < -0.4 is 0 Å². The predicted octanol–water partition coefficient (Wildman–Crippen LogP) is 4.56. The summed E-state index contributed by atoms with van der Waals surface area (Å²) in [6, 6.07) is 13.0. The summed E-state index contributed by atoms with van der Waals surface area (Å²) in [5.74, 6) is 0. The summed E-state index contributed by atoms with van der Waals surface area (Å²) in [4.78, 5) is 26.6. The largest absolute Gasteiger partial charge is 0.355 e. The van der Waals surface area contributed by atoms with Gasteiger partial charge in [-0.05, 0) is 66.8 Å². The fourth-order valence-electron chi connectivity index (χ4n) is 3.19. The molecule has 0 aromatic carbocycles. The fourth-order valence-corrected chi connectivity index (χ4v) is 3.19. The maximum absolute atomic E-state index is 11.7. The van der Waals surface area contributed by atoms with Crippen LogP contribution in [0.4, 0.5) is 5.69 Å². The van der Waals surface area contributed by atoms with Crippen LogP contribution in [0.2, 0.25) is 0 Å². The Labute approximate surface area is 152 Å². The Hall–Kier alpha value is -4.00. The van der Waals surface area contributed by atoms with Crippen LogP contribution in [0.3, 0.4) is 0 Å². The van der Waals surface area contributed by atoms with Gasteiger partial charge in [0.25, 0.3) is 0 Å². The Morgan fingerprint density at radius 3 is 1.96 bits per heavy atom. The SMILES string of the molecule is O=[N+]([O-])c1c2nc(cc3ccc(cc4nc(cc5ccc1[nH]5)C=C4)[nH]3)C=C2. The minimum Gasteiger partial charge on any atom is -0.355 e. The van der Waals surface area contributed by atoms with Gasteiger partial charge in [-0.1, -0.05) is 0 Å². The molecule has 8 bridgehead atoms. The van der Waals surface area contributed by atoms with Crippen molar-refractivity contribution in [1.82, 2.24) is 19.9 Å². The number of nitrogens with one attached hydrogen (secondary N) is 2. The molecular weight excluding hydrogens is 342 g/mol. The van der Waals surface area contributed by atoms with E-state index in [1.807, 2.05) is 42.5 Å². The molecule has 5 heterocycles. The number of nitrogens with zero attached hydrogens (tertiary/aromatic N) is 3. The van der Waals surface area contributed by atoms with Crippen LogP contribution in [0.1, 0.15) is 22.8 Å². The maximum atomic E-state index is 11.7. The fraction of sp³-hybridized carbons (Fsp3) is 0. The Balaban J connectivity index is 1.90. The number of hydrogen-bond acceptors (Lipinski definition) is 4. The number of hydrogen-bond donors (Lipinski definition) is 2. The molecule has 0 spiro atoms. The minimum absolute atomic E-state index is 0.0574. The van der Waals surface area contributed by atoms with Crippen molar-refractivity contribution in [2.24, 2.45) is 0 Å². The minimum atomic E-state index is -0.411. The highest BCUT2D eigenvalue weighted by Gasteiger charge is 2.18. The van der Waals surface area contributed by atoms with Crippen LogP contribution in [-0.2, 0) is 0 Å². The molecule has 0 fully saturated rings. The topological polar surface area (TPSA) is 100 Å². The van der Waals surface area contributed by atoms with Crippen molar-refractivity contribution < 1.29 is 4.92 Å². The zero-order valence-corrected chi connectivity index (χ0v) is 14.0. The average Bonchev–Trinajstić information content (AvgIpc) is 3.39. The van der Waals surface area contributed by atoms with E-state index in [9.17, 15) is 10.1 Å². The molecule has 0 atom stereocenters. The van der Waals surface area contributed by atoms with E-state index >= 15 is 0 Å². The highest BCUT2D eigenvalue weighted by molar-refractivity contribution is 5.83. The maximum Gasteiger partial charge on any atom is 0.318 e. The van der Waals surface area contributed by atoms with Crippen molar-refractivity contribution in [2.45, 2.75) is 0 Å². The van der Waals surface area contributed by atoms with Crippen LogP contribution in [0.25, 0.3) is 46.4 Å². The van der Waals surface area contributed by atoms with Gasteiger partial charge in [0, 0.05) is 16.6 Å². The number of H-pyrrole nitrogens is 2. The molecule has 0 amide bonds. The van der Waals surface area contributed by atoms with E-state index in [-0.39, 0.29) is 5.69 Å². The van der Waals surface area contributed by atoms with Crippen molar-refractivity contribution in [2.75, 3.05) is 0 Å². The summed E-state index contributed by atoms with van der Waals surface area (Å²) >= 11 is 0. The lowest BCUT2D eigenvalue weighted by molar-refractivity contribution is -0.383. The van der Waals surface area contributed by atoms with E-state index in [0.29, 0.717) is 16.9 Å². The molecular formula is C20H13N5O2. The molecule has 7 nitrogen and oxygen atoms in total. The summed E-state index contributed by atoms with van der Waals surface area (Å²) < 4.78 is 0. The molecule has 3 aromatic rings. The van der Waals surface area contributed by atoms with Crippen molar-refractivity contribution in [3.05, 3.63) is 75.4 Å². The monoisotopic (exact) mass is 355 g/mol. The summed E-state index contributed by atoms with van der Waals surface area (Å²) in [6.45, 7) is 0.